The zero-order valence-corrected chi connectivity index (χ0v) is 11.1. The molecule has 1 aromatic rings. The molecule has 0 aliphatic rings. The number of hydrogen-bond acceptors (Lipinski definition) is 4. The molecular weight excluding hydrogens is 230 g/mol. The molecule has 100 valence electrons. The molecule has 18 heavy (non-hydrogen) atoms. The van der Waals surface area contributed by atoms with Gasteiger partial charge in [0.25, 0.3) is 5.69 Å². The molecule has 0 aliphatic heterocycles. The minimum atomic E-state index is -0.435. The van der Waals surface area contributed by atoms with Gasteiger partial charge in [0, 0.05) is 12.6 Å². The van der Waals surface area contributed by atoms with Gasteiger partial charge in [0.15, 0.2) is 0 Å². The van der Waals surface area contributed by atoms with Gasteiger partial charge in [-0.15, -0.1) is 0 Å². The van der Waals surface area contributed by atoms with Crippen molar-refractivity contribution in [3.05, 3.63) is 33.9 Å². The molecule has 0 saturated carbocycles. The zero-order valence-electron chi connectivity index (χ0n) is 11.1. The van der Waals surface area contributed by atoms with Crippen molar-refractivity contribution in [1.29, 1.82) is 0 Å². The van der Waals surface area contributed by atoms with Crippen LogP contribution in [0.15, 0.2) is 18.2 Å². The molecule has 0 unspecified atom stereocenters. The number of nitro groups is 1. The monoisotopic (exact) mass is 251 g/mol. The minimum Gasteiger partial charge on any atom is -0.393 e. The molecule has 0 aliphatic carbocycles. The average Bonchev–Trinajstić information content (AvgIpc) is 2.31. The Morgan fingerprint density at radius 1 is 1.39 bits per heavy atom. The average molecular weight is 251 g/mol. The quantitative estimate of drug-likeness (QED) is 0.350. The largest absolute Gasteiger partial charge is 0.393 e. The first-order chi connectivity index (χ1) is 8.54. The lowest BCUT2D eigenvalue weighted by atomic mass is 10.1. The standard InChI is InChI=1S/C13H21N3O2/c1-3-4-5-8-15(2)10-11-6-7-12(14)13(9-11)16(17)18/h6-7,9H,3-5,8,10,14H2,1-2H3. The summed E-state index contributed by atoms with van der Waals surface area (Å²) in [5.74, 6) is 0. The zero-order chi connectivity index (χ0) is 13.5. The predicted octanol–water partition coefficient (Wildman–Crippen LogP) is 2.80. The number of hydrogen-bond donors (Lipinski definition) is 1. The first kappa shape index (κ1) is 14.4. The molecule has 1 aromatic carbocycles. The molecule has 0 spiro atoms. The fourth-order valence-corrected chi connectivity index (χ4v) is 1.87. The van der Waals surface area contributed by atoms with Crippen molar-refractivity contribution in [2.24, 2.45) is 0 Å². The van der Waals surface area contributed by atoms with Crippen molar-refractivity contribution >= 4 is 11.4 Å². The Hall–Kier alpha value is -1.62. The van der Waals surface area contributed by atoms with Gasteiger partial charge in [-0.2, -0.15) is 0 Å². The van der Waals surface area contributed by atoms with E-state index >= 15 is 0 Å². The van der Waals surface area contributed by atoms with Gasteiger partial charge in [-0.1, -0.05) is 25.8 Å². The van der Waals surface area contributed by atoms with Crippen LogP contribution in [0.2, 0.25) is 0 Å². The third kappa shape index (κ3) is 4.33. The van der Waals surface area contributed by atoms with Crippen LogP contribution in [0.1, 0.15) is 31.7 Å². The van der Waals surface area contributed by atoms with Crippen molar-refractivity contribution in [3.63, 3.8) is 0 Å². The maximum atomic E-state index is 10.8. The second-order valence-corrected chi connectivity index (χ2v) is 4.60. The highest BCUT2D eigenvalue weighted by Gasteiger charge is 2.12. The van der Waals surface area contributed by atoms with Crippen molar-refractivity contribution in [2.75, 3.05) is 19.3 Å². The molecule has 0 fully saturated rings. The lowest BCUT2D eigenvalue weighted by molar-refractivity contribution is -0.384. The van der Waals surface area contributed by atoms with E-state index in [1.54, 1.807) is 12.1 Å². The molecule has 0 heterocycles. The summed E-state index contributed by atoms with van der Waals surface area (Å²) in [5.41, 5.74) is 6.70. The van der Waals surface area contributed by atoms with Crippen LogP contribution in [0.25, 0.3) is 0 Å². The second-order valence-electron chi connectivity index (χ2n) is 4.60. The maximum Gasteiger partial charge on any atom is 0.292 e. The third-order valence-electron chi connectivity index (χ3n) is 2.89. The van der Waals surface area contributed by atoms with Crippen LogP contribution in [0.3, 0.4) is 0 Å². The minimum absolute atomic E-state index is 0.00513. The molecule has 0 atom stereocenters. The number of nitrogen functional groups attached to an aromatic ring is 1. The normalized spacial score (nSPS) is 10.8. The van der Waals surface area contributed by atoms with E-state index in [9.17, 15) is 10.1 Å². The number of nitro benzene ring substituents is 1. The Morgan fingerprint density at radius 3 is 2.72 bits per heavy atom. The summed E-state index contributed by atoms with van der Waals surface area (Å²) in [6, 6.07) is 5.01. The number of unbranched alkanes of at least 4 members (excludes halogenated alkanes) is 2. The summed E-state index contributed by atoms with van der Waals surface area (Å²) in [7, 11) is 2.03. The van der Waals surface area contributed by atoms with Gasteiger partial charge in [0.1, 0.15) is 5.69 Å². The van der Waals surface area contributed by atoms with Gasteiger partial charge >= 0.3 is 0 Å². The van der Waals surface area contributed by atoms with Crippen LogP contribution < -0.4 is 5.73 Å². The lowest BCUT2D eigenvalue weighted by Crippen LogP contribution is -2.19. The molecule has 1 rings (SSSR count). The summed E-state index contributed by atoms with van der Waals surface area (Å²) in [5, 5.41) is 10.8. The highest BCUT2D eigenvalue weighted by Crippen LogP contribution is 2.22. The number of benzene rings is 1. The topological polar surface area (TPSA) is 72.4 Å². The van der Waals surface area contributed by atoms with Crippen LogP contribution in [0.5, 0.6) is 0 Å². The van der Waals surface area contributed by atoms with Gasteiger partial charge in [-0.05, 0) is 31.6 Å². The van der Waals surface area contributed by atoms with E-state index in [2.05, 4.69) is 11.8 Å². The molecular formula is C13H21N3O2. The van der Waals surface area contributed by atoms with E-state index in [1.807, 2.05) is 13.1 Å². The first-order valence-corrected chi connectivity index (χ1v) is 6.26. The van der Waals surface area contributed by atoms with E-state index in [0.29, 0.717) is 6.54 Å². The molecule has 5 heteroatoms. The van der Waals surface area contributed by atoms with E-state index in [0.717, 1.165) is 18.5 Å². The van der Waals surface area contributed by atoms with Gasteiger partial charge in [0.2, 0.25) is 0 Å². The molecule has 0 saturated heterocycles. The second kappa shape index (κ2) is 6.96. The summed E-state index contributed by atoms with van der Waals surface area (Å²) < 4.78 is 0. The van der Waals surface area contributed by atoms with Gasteiger partial charge in [-0.3, -0.25) is 10.1 Å². The summed E-state index contributed by atoms with van der Waals surface area (Å²) in [6.45, 7) is 3.89. The summed E-state index contributed by atoms with van der Waals surface area (Å²) in [6.07, 6.45) is 3.57. The van der Waals surface area contributed by atoms with E-state index in [1.165, 1.54) is 12.8 Å². The summed E-state index contributed by atoms with van der Waals surface area (Å²) >= 11 is 0. The van der Waals surface area contributed by atoms with Crippen LogP contribution in [-0.2, 0) is 6.54 Å². The number of rotatable bonds is 7. The fourth-order valence-electron chi connectivity index (χ4n) is 1.87. The predicted molar refractivity (Wildman–Crippen MR) is 73.4 cm³/mol. The fraction of sp³-hybridized carbons (Fsp3) is 0.538. The molecule has 0 bridgehead atoms. The Morgan fingerprint density at radius 2 is 2.11 bits per heavy atom. The highest BCUT2D eigenvalue weighted by atomic mass is 16.6. The number of nitrogens with zero attached hydrogens (tertiary/aromatic N) is 2. The van der Waals surface area contributed by atoms with Gasteiger partial charge < -0.3 is 10.6 Å². The van der Waals surface area contributed by atoms with Crippen LogP contribution in [0, 0.1) is 10.1 Å². The van der Waals surface area contributed by atoms with Crippen molar-refractivity contribution in [2.45, 2.75) is 32.7 Å². The highest BCUT2D eigenvalue weighted by molar-refractivity contribution is 5.59. The molecule has 0 aromatic heterocycles. The molecule has 0 radical (unpaired) electrons. The Balaban J connectivity index is 2.62. The smallest absolute Gasteiger partial charge is 0.292 e. The third-order valence-corrected chi connectivity index (χ3v) is 2.89. The number of nitrogens with two attached hydrogens (primary N) is 1. The van der Waals surface area contributed by atoms with E-state index in [-0.39, 0.29) is 11.4 Å². The Kier molecular flexibility index (Phi) is 5.58. The van der Waals surface area contributed by atoms with Crippen LogP contribution in [0.4, 0.5) is 11.4 Å². The van der Waals surface area contributed by atoms with Gasteiger partial charge in [0.05, 0.1) is 4.92 Å². The first-order valence-electron chi connectivity index (χ1n) is 6.26. The Bertz CT molecular complexity index is 407. The molecule has 5 nitrogen and oxygen atoms in total. The molecule has 0 amide bonds. The molecule has 2 N–H and O–H groups in total. The van der Waals surface area contributed by atoms with Crippen molar-refractivity contribution < 1.29 is 4.92 Å². The lowest BCUT2D eigenvalue weighted by Gasteiger charge is -2.16. The van der Waals surface area contributed by atoms with E-state index in [4.69, 9.17) is 5.73 Å². The van der Waals surface area contributed by atoms with Crippen LogP contribution >= 0.6 is 0 Å². The Labute approximate surface area is 108 Å². The van der Waals surface area contributed by atoms with E-state index < -0.39 is 4.92 Å². The maximum absolute atomic E-state index is 10.8. The van der Waals surface area contributed by atoms with Gasteiger partial charge in [-0.25, -0.2) is 0 Å². The van der Waals surface area contributed by atoms with Crippen LogP contribution in [-0.4, -0.2) is 23.4 Å². The van der Waals surface area contributed by atoms with Crippen molar-refractivity contribution in [3.8, 4) is 0 Å². The number of anilines is 1. The SMILES string of the molecule is CCCCCN(C)Cc1ccc(N)c([N+](=O)[O-])c1. The van der Waals surface area contributed by atoms with Crippen molar-refractivity contribution in [1.82, 2.24) is 4.90 Å². The summed E-state index contributed by atoms with van der Waals surface area (Å²) in [4.78, 5) is 12.5.